The molecule has 1 aromatic carbocycles. The smallest absolute Gasteiger partial charge is 0.318 e. The number of rotatable bonds is 8. The lowest BCUT2D eigenvalue weighted by Crippen LogP contribution is -2.55. The molecular weight excluding hydrogens is 318 g/mol. The molecule has 1 aromatic rings. The van der Waals surface area contributed by atoms with Crippen molar-refractivity contribution in [1.82, 2.24) is 4.90 Å². The summed E-state index contributed by atoms with van der Waals surface area (Å²) in [4.78, 5) is 25.9. The quantitative estimate of drug-likeness (QED) is 0.579. The van der Waals surface area contributed by atoms with E-state index in [-0.39, 0.29) is 18.4 Å². The van der Waals surface area contributed by atoms with Gasteiger partial charge in [0.25, 0.3) is 0 Å². The monoisotopic (exact) mass is 345 g/mol. The lowest BCUT2D eigenvalue weighted by atomic mass is 9.68. The van der Waals surface area contributed by atoms with Crippen LogP contribution >= 0.6 is 0 Å². The zero-order valence-corrected chi connectivity index (χ0v) is 15.0. The van der Waals surface area contributed by atoms with Gasteiger partial charge in [0, 0.05) is 12.5 Å². The van der Waals surface area contributed by atoms with Crippen LogP contribution in [0.25, 0.3) is 0 Å². The van der Waals surface area contributed by atoms with Gasteiger partial charge >= 0.3 is 11.9 Å². The number of hydrogen-bond donors (Lipinski definition) is 1. The molecule has 0 fully saturated rings. The molecule has 0 saturated carbocycles. The summed E-state index contributed by atoms with van der Waals surface area (Å²) in [6.07, 6.45) is 6.32. The fourth-order valence-corrected chi connectivity index (χ4v) is 3.64. The van der Waals surface area contributed by atoms with Gasteiger partial charge in [-0.15, -0.1) is 0 Å². The highest BCUT2D eigenvalue weighted by Crippen LogP contribution is 2.40. The molecule has 0 amide bonds. The summed E-state index contributed by atoms with van der Waals surface area (Å²) < 4.78 is 5.47. The van der Waals surface area contributed by atoms with Crippen molar-refractivity contribution in [3.63, 3.8) is 0 Å². The minimum Gasteiger partial charge on any atom is -0.481 e. The van der Waals surface area contributed by atoms with Crippen LogP contribution in [-0.4, -0.2) is 48.2 Å². The molecule has 0 heterocycles. The van der Waals surface area contributed by atoms with E-state index in [4.69, 9.17) is 9.84 Å². The Bertz CT molecular complexity index is 613. The van der Waals surface area contributed by atoms with Crippen LogP contribution in [0.1, 0.15) is 38.2 Å². The standard InChI is InChI=1S/C20H27NO4/c1-3-25-19(24)20(16-10-5-4-6-11-16)14-8-7-12-17(20)21(2)15-9-13-18(22)23/h4-7,10-12,17H,3,8-9,13-15H2,1-2H3,(H,22,23)/t17-,20+/m1/s1. The molecule has 1 aliphatic rings. The highest BCUT2D eigenvalue weighted by molar-refractivity contribution is 5.85. The van der Waals surface area contributed by atoms with Crippen molar-refractivity contribution in [1.29, 1.82) is 0 Å². The van der Waals surface area contributed by atoms with E-state index in [1.165, 1.54) is 0 Å². The minimum atomic E-state index is -0.799. The molecule has 5 nitrogen and oxygen atoms in total. The fourth-order valence-electron chi connectivity index (χ4n) is 3.64. The van der Waals surface area contributed by atoms with E-state index in [0.29, 0.717) is 26.0 Å². The van der Waals surface area contributed by atoms with Gasteiger partial charge in [0.1, 0.15) is 5.41 Å². The Morgan fingerprint density at radius 3 is 2.68 bits per heavy atom. The lowest BCUT2D eigenvalue weighted by molar-refractivity contribution is -0.153. The third-order valence-electron chi connectivity index (χ3n) is 4.83. The van der Waals surface area contributed by atoms with E-state index in [1.807, 2.05) is 44.3 Å². The van der Waals surface area contributed by atoms with Gasteiger partial charge in [-0.05, 0) is 45.3 Å². The van der Waals surface area contributed by atoms with Gasteiger partial charge in [0.05, 0.1) is 6.61 Å². The molecule has 5 heteroatoms. The maximum absolute atomic E-state index is 13.0. The largest absolute Gasteiger partial charge is 0.481 e. The molecule has 136 valence electrons. The summed E-state index contributed by atoms with van der Waals surface area (Å²) in [5.41, 5.74) is 0.192. The fraction of sp³-hybridized carbons (Fsp3) is 0.500. The average molecular weight is 345 g/mol. The summed E-state index contributed by atoms with van der Waals surface area (Å²) >= 11 is 0. The van der Waals surface area contributed by atoms with Gasteiger partial charge in [-0.2, -0.15) is 0 Å². The Balaban J connectivity index is 2.35. The van der Waals surface area contributed by atoms with Gasteiger partial charge in [-0.25, -0.2) is 0 Å². The van der Waals surface area contributed by atoms with Crippen LogP contribution in [0.2, 0.25) is 0 Å². The van der Waals surface area contributed by atoms with Crippen molar-refractivity contribution < 1.29 is 19.4 Å². The molecule has 0 saturated heterocycles. The van der Waals surface area contributed by atoms with Crippen molar-refractivity contribution in [2.24, 2.45) is 0 Å². The normalized spacial score (nSPS) is 22.8. The first kappa shape index (κ1) is 19.2. The molecule has 1 aliphatic carbocycles. The van der Waals surface area contributed by atoms with E-state index in [1.54, 1.807) is 0 Å². The van der Waals surface area contributed by atoms with E-state index < -0.39 is 11.4 Å². The van der Waals surface area contributed by atoms with E-state index in [9.17, 15) is 9.59 Å². The first-order valence-corrected chi connectivity index (χ1v) is 8.83. The predicted octanol–water partition coefficient (Wildman–Crippen LogP) is 3.00. The molecule has 1 N–H and O–H groups in total. The number of aliphatic carboxylic acids is 1. The third-order valence-corrected chi connectivity index (χ3v) is 4.83. The number of esters is 1. The predicted molar refractivity (Wildman–Crippen MR) is 96.4 cm³/mol. The van der Waals surface area contributed by atoms with Crippen molar-refractivity contribution in [3.8, 4) is 0 Å². The molecule has 0 aliphatic heterocycles. The van der Waals surface area contributed by atoms with Gasteiger partial charge in [0.15, 0.2) is 0 Å². The Morgan fingerprint density at radius 1 is 1.32 bits per heavy atom. The molecule has 2 rings (SSSR count). The van der Waals surface area contributed by atoms with Crippen LogP contribution in [0, 0.1) is 0 Å². The van der Waals surface area contributed by atoms with Gasteiger partial charge in [-0.3, -0.25) is 14.5 Å². The molecule has 0 unspecified atom stereocenters. The topological polar surface area (TPSA) is 66.8 Å². The first-order chi connectivity index (χ1) is 12.0. The SMILES string of the molecule is CCOC(=O)[C@]1(c2ccccc2)CCC=C[C@H]1N(C)CCCC(=O)O. The highest BCUT2D eigenvalue weighted by atomic mass is 16.5. The van der Waals surface area contributed by atoms with Crippen molar-refractivity contribution in [2.45, 2.75) is 44.1 Å². The number of carboxylic acids is 1. The van der Waals surface area contributed by atoms with E-state index in [0.717, 1.165) is 12.0 Å². The van der Waals surface area contributed by atoms with Gasteiger partial charge in [-0.1, -0.05) is 42.5 Å². The maximum Gasteiger partial charge on any atom is 0.318 e. The number of carbonyl (C=O) groups excluding carboxylic acids is 1. The third kappa shape index (κ3) is 4.28. The zero-order valence-electron chi connectivity index (χ0n) is 15.0. The minimum absolute atomic E-state index is 0.124. The molecule has 0 radical (unpaired) electrons. The molecule has 0 aromatic heterocycles. The van der Waals surface area contributed by atoms with Crippen LogP contribution in [0.3, 0.4) is 0 Å². The van der Waals surface area contributed by atoms with Crippen LogP contribution in [-0.2, 0) is 19.7 Å². The molecular formula is C20H27NO4. The number of likely N-dealkylation sites (N-methyl/N-ethyl adjacent to an activating group) is 1. The summed E-state index contributed by atoms with van der Waals surface area (Å²) in [6, 6.07) is 9.62. The molecule has 25 heavy (non-hydrogen) atoms. The zero-order chi connectivity index (χ0) is 18.3. The second-order valence-electron chi connectivity index (χ2n) is 6.45. The number of benzene rings is 1. The number of allylic oxidation sites excluding steroid dienone is 1. The summed E-state index contributed by atoms with van der Waals surface area (Å²) in [5.74, 6) is -1.01. The molecule has 0 bridgehead atoms. The van der Waals surface area contributed by atoms with Gasteiger partial charge in [0.2, 0.25) is 0 Å². The second-order valence-corrected chi connectivity index (χ2v) is 6.45. The molecule has 0 spiro atoms. The van der Waals surface area contributed by atoms with E-state index in [2.05, 4.69) is 17.1 Å². The Morgan fingerprint density at radius 2 is 2.04 bits per heavy atom. The first-order valence-electron chi connectivity index (χ1n) is 8.83. The lowest BCUT2D eigenvalue weighted by Gasteiger charge is -2.44. The van der Waals surface area contributed by atoms with Crippen LogP contribution < -0.4 is 0 Å². The average Bonchev–Trinajstić information content (AvgIpc) is 2.62. The number of ether oxygens (including phenoxy) is 1. The number of nitrogens with zero attached hydrogens (tertiary/aromatic N) is 1. The summed E-state index contributed by atoms with van der Waals surface area (Å²) in [7, 11) is 1.94. The van der Waals surface area contributed by atoms with Crippen LogP contribution in [0.5, 0.6) is 0 Å². The Kier molecular flexibility index (Phi) is 6.76. The Hall–Kier alpha value is -2.14. The van der Waals surface area contributed by atoms with Crippen LogP contribution in [0.4, 0.5) is 0 Å². The Labute approximate surface area is 149 Å². The van der Waals surface area contributed by atoms with E-state index >= 15 is 0 Å². The number of hydrogen-bond acceptors (Lipinski definition) is 4. The van der Waals surface area contributed by atoms with Crippen molar-refractivity contribution >= 4 is 11.9 Å². The van der Waals surface area contributed by atoms with Gasteiger partial charge < -0.3 is 9.84 Å². The highest BCUT2D eigenvalue weighted by Gasteiger charge is 2.49. The number of carbonyl (C=O) groups is 2. The van der Waals surface area contributed by atoms with Crippen LogP contribution in [0.15, 0.2) is 42.5 Å². The maximum atomic E-state index is 13.0. The summed E-state index contributed by atoms with van der Waals surface area (Å²) in [6.45, 7) is 2.77. The van der Waals surface area contributed by atoms with Crippen molar-refractivity contribution in [2.75, 3.05) is 20.2 Å². The number of carboxylic acid groups (broad SMARTS) is 1. The second kappa shape index (κ2) is 8.81. The summed E-state index contributed by atoms with van der Waals surface area (Å²) in [5, 5.41) is 8.87. The molecule has 2 atom stereocenters. The van der Waals surface area contributed by atoms with Crippen molar-refractivity contribution in [3.05, 3.63) is 48.0 Å².